The first-order valence-corrected chi connectivity index (χ1v) is 7.58. The number of amides is 1. The largest absolute Gasteiger partial charge is 0.444 e. The highest BCUT2D eigenvalue weighted by Gasteiger charge is 2.37. The van der Waals surface area contributed by atoms with Crippen molar-refractivity contribution in [2.45, 2.75) is 71.4 Å². The summed E-state index contributed by atoms with van der Waals surface area (Å²) in [5, 5.41) is 0. The van der Waals surface area contributed by atoms with Crippen LogP contribution in [0.1, 0.15) is 71.1 Å². The van der Waals surface area contributed by atoms with Gasteiger partial charge in [0.2, 0.25) is 0 Å². The summed E-state index contributed by atoms with van der Waals surface area (Å²) < 4.78 is 5.45. The second-order valence-corrected chi connectivity index (χ2v) is 7.49. The van der Waals surface area contributed by atoms with Crippen molar-refractivity contribution in [2.24, 2.45) is 0 Å². The molecule has 21 heavy (non-hydrogen) atoms. The predicted molar refractivity (Wildman–Crippen MR) is 82.3 cm³/mol. The highest BCUT2D eigenvalue weighted by atomic mass is 16.6. The van der Waals surface area contributed by atoms with Gasteiger partial charge in [0.05, 0.1) is 11.2 Å². The summed E-state index contributed by atoms with van der Waals surface area (Å²) in [6.07, 6.45) is 1.85. The molecule has 0 saturated heterocycles. The molecular formula is C16H27N3O2. The Bertz CT molecular complexity index is 540. The number of aryl methyl sites for hydroxylation is 1. The lowest BCUT2D eigenvalue weighted by Gasteiger charge is -2.35. The first-order valence-electron chi connectivity index (χ1n) is 7.58. The monoisotopic (exact) mass is 293 g/mol. The van der Waals surface area contributed by atoms with Gasteiger partial charge in [0, 0.05) is 18.7 Å². The van der Waals surface area contributed by atoms with E-state index in [4.69, 9.17) is 9.72 Å². The topological polar surface area (TPSA) is 58.2 Å². The quantitative estimate of drug-likeness (QED) is 0.907. The van der Waals surface area contributed by atoms with E-state index >= 15 is 0 Å². The van der Waals surface area contributed by atoms with Gasteiger partial charge in [-0.25, -0.2) is 9.78 Å². The number of nitrogens with zero attached hydrogens (tertiary/aromatic N) is 2. The zero-order valence-electron chi connectivity index (χ0n) is 14.2. The van der Waals surface area contributed by atoms with Crippen LogP contribution in [0.5, 0.6) is 0 Å². The average Bonchev–Trinajstić information content (AvgIpc) is 2.89. The number of aromatic nitrogens is 2. The lowest BCUT2D eigenvalue weighted by Crippen LogP contribution is -2.46. The molecule has 0 radical (unpaired) electrons. The highest BCUT2D eigenvalue weighted by molar-refractivity contribution is 5.69. The van der Waals surface area contributed by atoms with Crippen LogP contribution in [0.3, 0.4) is 0 Å². The number of carbonyl (C=O) groups is 1. The van der Waals surface area contributed by atoms with Crippen LogP contribution in [-0.2, 0) is 16.7 Å². The van der Waals surface area contributed by atoms with Gasteiger partial charge >= 0.3 is 6.09 Å². The van der Waals surface area contributed by atoms with Crippen molar-refractivity contribution < 1.29 is 9.53 Å². The van der Waals surface area contributed by atoms with E-state index in [1.807, 2.05) is 34.6 Å². The zero-order chi connectivity index (χ0) is 16.0. The molecule has 5 heteroatoms. The van der Waals surface area contributed by atoms with Gasteiger partial charge in [-0.15, -0.1) is 0 Å². The van der Waals surface area contributed by atoms with Crippen LogP contribution in [0.2, 0.25) is 0 Å². The number of hydrogen-bond donors (Lipinski definition) is 1. The van der Waals surface area contributed by atoms with Crippen molar-refractivity contribution in [1.29, 1.82) is 0 Å². The third kappa shape index (κ3) is 3.06. The summed E-state index contributed by atoms with van der Waals surface area (Å²) in [7, 11) is 1.76. The fourth-order valence-electron chi connectivity index (χ4n) is 2.53. The van der Waals surface area contributed by atoms with Gasteiger partial charge in [-0.2, -0.15) is 0 Å². The molecule has 0 aliphatic heterocycles. The molecule has 1 aromatic heterocycles. The summed E-state index contributed by atoms with van der Waals surface area (Å²) in [6, 6.07) is 0. The van der Waals surface area contributed by atoms with Gasteiger partial charge in [0.1, 0.15) is 11.4 Å². The lowest BCUT2D eigenvalue weighted by molar-refractivity contribution is 0.00902. The van der Waals surface area contributed by atoms with Gasteiger partial charge in [0.15, 0.2) is 0 Å². The van der Waals surface area contributed by atoms with E-state index in [-0.39, 0.29) is 6.09 Å². The van der Waals surface area contributed by atoms with E-state index in [1.54, 1.807) is 11.9 Å². The van der Waals surface area contributed by atoms with E-state index in [1.165, 1.54) is 5.69 Å². The van der Waals surface area contributed by atoms with Crippen molar-refractivity contribution in [2.75, 3.05) is 7.05 Å². The van der Waals surface area contributed by atoms with E-state index in [2.05, 4.69) is 11.9 Å². The van der Waals surface area contributed by atoms with Gasteiger partial charge in [-0.1, -0.05) is 6.92 Å². The molecule has 1 aliphatic carbocycles. The maximum absolute atomic E-state index is 12.3. The van der Waals surface area contributed by atoms with Crippen molar-refractivity contribution in [3.8, 4) is 0 Å². The molecule has 0 aromatic carbocycles. The Morgan fingerprint density at radius 1 is 1.33 bits per heavy atom. The molecule has 1 N–H and O–H groups in total. The van der Waals surface area contributed by atoms with E-state index < -0.39 is 11.1 Å². The van der Waals surface area contributed by atoms with Gasteiger partial charge in [-0.3, -0.25) is 4.90 Å². The highest BCUT2D eigenvalue weighted by Crippen LogP contribution is 2.34. The molecule has 1 aromatic rings. The maximum atomic E-state index is 12.3. The molecule has 0 saturated carbocycles. The summed E-state index contributed by atoms with van der Waals surface area (Å²) in [5.74, 6) is 1.32. The molecule has 0 fully saturated rings. The van der Waals surface area contributed by atoms with Crippen LogP contribution >= 0.6 is 0 Å². The lowest BCUT2D eigenvalue weighted by atomic mass is 10.0. The Morgan fingerprint density at radius 3 is 2.48 bits per heavy atom. The van der Waals surface area contributed by atoms with Gasteiger partial charge < -0.3 is 9.72 Å². The number of carbonyl (C=O) groups excluding carboxylic acids is 1. The molecular weight excluding hydrogens is 266 g/mol. The summed E-state index contributed by atoms with van der Waals surface area (Å²) in [6.45, 7) is 11.8. The molecule has 1 amide bonds. The van der Waals surface area contributed by atoms with Crippen molar-refractivity contribution in [3.05, 3.63) is 17.2 Å². The number of imidazole rings is 1. The average molecular weight is 293 g/mol. The summed E-state index contributed by atoms with van der Waals surface area (Å²) in [4.78, 5) is 22.0. The molecule has 2 rings (SSSR count). The minimum absolute atomic E-state index is 0.336. The summed E-state index contributed by atoms with van der Waals surface area (Å²) in [5.41, 5.74) is 1.33. The Hall–Kier alpha value is -1.52. The van der Waals surface area contributed by atoms with Crippen LogP contribution in [0.4, 0.5) is 4.79 Å². The van der Waals surface area contributed by atoms with E-state index in [0.717, 1.165) is 24.4 Å². The smallest absolute Gasteiger partial charge is 0.410 e. The molecule has 5 nitrogen and oxygen atoms in total. The molecule has 118 valence electrons. The van der Waals surface area contributed by atoms with Crippen molar-refractivity contribution >= 4 is 6.09 Å². The van der Waals surface area contributed by atoms with Crippen LogP contribution in [-0.4, -0.2) is 33.6 Å². The summed E-state index contributed by atoms with van der Waals surface area (Å²) >= 11 is 0. The van der Waals surface area contributed by atoms with Gasteiger partial charge in [0.25, 0.3) is 0 Å². The first kappa shape index (κ1) is 15.9. The van der Waals surface area contributed by atoms with Crippen LogP contribution in [0.15, 0.2) is 0 Å². The van der Waals surface area contributed by atoms with Crippen molar-refractivity contribution in [3.63, 3.8) is 0 Å². The standard InChI is InChI=1S/C16H27N3O2/c1-10-8-9-11-12(10)18-13(17-11)16(5,6)19(7)14(20)21-15(2,3)4/h10H,8-9H2,1-7H3,(H,17,18). The van der Waals surface area contributed by atoms with Crippen LogP contribution < -0.4 is 0 Å². The number of rotatable bonds is 2. The molecule has 0 spiro atoms. The molecule has 0 bridgehead atoms. The van der Waals surface area contributed by atoms with Gasteiger partial charge in [-0.05, 0) is 47.5 Å². The number of fused-ring (bicyclic) bond motifs is 1. The number of aromatic amines is 1. The Kier molecular flexibility index (Phi) is 3.80. The van der Waals surface area contributed by atoms with E-state index in [9.17, 15) is 4.79 Å². The zero-order valence-corrected chi connectivity index (χ0v) is 14.2. The van der Waals surface area contributed by atoms with Crippen LogP contribution in [0.25, 0.3) is 0 Å². The number of hydrogen-bond acceptors (Lipinski definition) is 3. The fraction of sp³-hybridized carbons (Fsp3) is 0.750. The molecule has 1 atom stereocenters. The predicted octanol–water partition coefficient (Wildman–Crippen LogP) is 3.56. The second kappa shape index (κ2) is 5.04. The fourth-order valence-corrected chi connectivity index (χ4v) is 2.53. The molecule has 1 unspecified atom stereocenters. The Morgan fingerprint density at radius 2 is 1.95 bits per heavy atom. The first-order chi connectivity index (χ1) is 9.52. The molecule has 1 aliphatic rings. The Balaban J connectivity index is 2.21. The SMILES string of the molecule is CC1CCc2[nH]c(C(C)(C)N(C)C(=O)OC(C)(C)C)nc21. The van der Waals surface area contributed by atoms with Crippen molar-refractivity contribution in [1.82, 2.24) is 14.9 Å². The third-order valence-electron chi connectivity index (χ3n) is 4.19. The van der Waals surface area contributed by atoms with E-state index in [0.29, 0.717) is 5.92 Å². The van der Waals surface area contributed by atoms with Crippen LogP contribution in [0, 0.1) is 0 Å². The number of H-pyrrole nitrogens is 1. The third-order valence-corrected chi connectivity index (χ3v) is 4.19. The minimum atomic E-state index is -0.535. The minimum Gasteiger partial charge on any atom is -0.444 e. The molecule has 1 heterocycles. The normalized spacial score (nSPS) is 18.5. The Labute approximate surface area is 127 Å². The number of ether oxygens (including phenoxy) is 1. The maximum Gasteiger partial charge on any atom is 0.410 e. The number of nitrogens with one attached hydrogen (secondary N) is 1. The second-order valence-electron chi connectivity index (χ2n) is 7.49.